The molecule has 4 aromatic rings. The molecule has 58 heavy (non-hydrogen) atoms. The van der Waals surface area contributed by atoms with Crippen molar-refractivity contribution in [1.29, 1.82) is 0 Å². The van der Waals surface area contributed by atoms with Gasteiger partial charge in [-0.15, -0.1) is 0 Å². The van der Waals surface area contributed by atoms with Gasteiger partial charge in [0, 0.05) is 11.1 Å². The quantitative estimate of drug-likeness (QED) is 0.0677. The third-order valence-corrected chi connectivity index (χ3v) is 9.73. The van der Waals surface area contributed by atoms with Crippen LogP contribution in [-0.4, -0.2) is 117 Å². The number of phenolic OH excluding ortho intramolecular Hbond substituents is 1. The van der Waals surface area contributed by atoms with Crippen LogP contribution in [0.5, 0.6) is 57.5 Å². The molecule has 314 valence electrons. The first-order valence-corrected chi connectivity index (χ1v) is 18.1. The first-order chi connectivity index (χ1) is 28.0. The molecule has 0 aliphatic carbocycles. The predicted molar refractivity (Wildman–Crippen MR) is 209 cm³/mol. The Morgan fingerprint density at radius 1 is 0.621 bits per heavy atom. The Hall–Kier alpha value is -5.62. The van der Waals surface area contributed by atoms with E-state index in [-0.39, 0.29) is 70.3 Å². The lowest BCUT2D eigenvalue weighted by atomic mass is 9.90. The minimum atomic E-state index is -1.51. The Balaban J connectivity index is 1.43. The summed E-state index contributed by atoms with van der Waals surface area (Å²) in [6, 6.07) is 14.0. The van der Waals surface area contributed by atoms with Gasteiger partial charge in [0.15, 0.2) is 58.2 Å². The van der Waals surface area contributed by atoms with E-state index in [9.17, 15) is 35.7 Å². The van der Waals surface area contributed by atoms with Gasteiger partial charge < -0.3 is 78.4 Å². The minimum Gasteiger partial charge on any atom is -0.504 e. The summed E-state index contributed by atoms with van der Waals surface area (Å²) in [4.78, 5) is 0. The normalized spacial score (nSPS) is 16.8. The lowest BCUT2D eigenvalue weighted by molar-refractivity contribution is -0.00428. The average Bonchev–Trinajstić information content (AvgIpc) is 3.64. The Labute approximate surface area is 335 Å². The van der Waals surface area contributed by atoms with E-state index in [1.165, 1.54) is 73.0 Å². The van der Waals surface area contributed by atoms with Crippen LogP contribution < -0.4 is 42.6 Å². The van der Waals surface area contributed by atoms with Crippen LogP contribution >= 0.6 is 0 Å². The van der Waals surface area contributed by atoms with Gasteiger partial charge in [0.05, 0.1) is 75.0 Å². The van der Waals surface area contributed by atoms with E-state index in [4.69, 9.17) is 42.6 Å². The molecule has 6 unspecified atom stereocenters. The second-order valence-corrected chi connectivity index (χ2v) is 13.1. The zero-order chi connectivity index (χ0) is 42.1. The van der Waals surface area contributed by atoms with Gasteiger partial charge in [-0.3, -0.25) is 0 Å². The Kier molecular flexibility index (Phi) is 14.8. The molecule has 0 fully saturated rings. The van der Waals surface area contributed by atoms with E-state index < -0.39 is 49.7 Å². The number of rotatable bonds is 20. The summed E-state index contributed by atoms with van der Waals surface area (Å²) >= 11 is 0. The molecule has 0 saturated carbocycles. The number of fused-ring (bicyclic) bond motifs is 1. The van der Waals surface area contributed by atoms with E-state index in [0.717, 1.165) is 5.56 Å². The number of aromatic hydroxyl groups is 1. The van der Waals surface area contributed by atoms with Gasteiger partial charge in [0.25, 0.3) is 0 Å². The van der Waals surface area contributed by atoms with E-state index in [1.807, 2.05) is 6.07 Å². The van der Waals surface area contributed by atoms with Gasteiger partial charge in [0.1, 0.15) is 18.3 Å². The summed E-state index contributed by atoms with van der Waals surface area (Å²) in [6.07, 6.45) is -2.83. The molecule has 4 aromatic carbocycles. The zero-order valence-corrected chi connectivity index (χ0v) is 32.9. The molecule has 0 spiro atoms. The van der Waals surface area contributed by atoms with Crippen LogP contribution in [0.25, 0.3) is 6.08 Å². The summed E-state index contributed by atoms with van der Waals surface area (Å²) in [5.41, 5.74) is 2.49. The van der Waals surface area contributed by atoms with Crippen LogP contribution in [0.4, 0.5) is 0 Å². The third-order valence-electron chi connectivity index (χ3n) is 9.73. The van der Waals surface area contributed by atoms with Crippen molar-refractivity contribution in [2.45, 2.75) is 36.4 Å². The van der Waals surface area contributed by atoms with Crippen LogP contribution in [0.1, 0.15) is 52.0 Å². The van der Waals surface area contributed by atoms with Crippen molar-refractivity contribution in [3.63, 3.8) is 0 Å². The second-order valence-electron chi connectivity index (χ2n) is 13.1. The highest BCUT2D eigenvalue weighted by molar-refractivity contribution is 5.63. The SMILES string of the molecule is COc1cc(C(O)C(CO)Oc2c(OC)cc(C(O)C(CO)Oc3c(OC)cc(C4Oc5c(OC)cc(/C=C/CO)cc5C4CO)cc3OC)cc2OC)ccc1O. The maximum atomic E-state index is 11.6. The van der Waals surface area contributed by atoms with E-state index in [1.54, 1.807) is 30.4 Å². The number of hydrogen-bond donors (Lipinski definition) is 7. The highest BCUT2D eigenvalue weighted by atomic mass is 16.6. The molecule has 0 amide bonds. The highest BCUT2D eigenvalue weighted by Gasteiger charge is 2.39. The Morgan fingerprint density at radius 2 is 1.12 bits per heavy atom. The van der Waals surface area contributed by atoms with Gasteiger partial charge in [-0.05, 0) is 65.2 Å². The molecule has 0 aromatic heterocycles. The van der Waals surface area contributed by atoms with Crippen LogP contribution in [-0.2, 0) is 0 Å². The molecule has 0 saturated heterocycles. The lowest BCUT2D eigenvalue weighted by Crippen LogP contribution is -2.30. The van der Waals surface area contributed by atoms with Crippen molar-refractivity contribution in [3.8, 4) is 57.5 Å². The summed E-state index contributed by atoms with van der Waals surface area (Å²) in [5, 5.41) is 73.4. The van der Waals surface area contributed by atoms with Crippen molar-refractivity contribution >= 4 is 6.08 Å². The van der Waals surface area contributed by atoms with Gasteiger partial charge in [-0.2, -0.15) is 0 Å². The van der Waals surface area contributed by atoms with E-state index >= 15 is 0 Å². The molecule has 6 atom stereocenters. The van der Waals surface area contributed by atoms with Gasteiger partial charge in [-0.1, -0.05) is 18.2 Å². The number of methoxy groups -OCH3 is 6. The smallest absolute Gasteiger partial charge is 0.204 e. The molecule has 0 radical (unpaired) electrons. The van der Waals surface area contributed by atoms with Gasteiger partial charge >= 0.3 is 0 Å². The van der Waals surface area contributed by atoms with Crippen molar-refractivity contribution in [3.05, 3.63) is 88.5 Å². The summed E-state index contributed by atoms with van der Waals surface area (Å²) < 4.78 is 52.0. The summed E-state index contributed by atoms with van der Waals surface area (Å²) in [5.74, 6) is 0.876. The van der Waals surface area contributed by atoms with E-state index in [2.05, 4.69) is 0 Å². The minimum absolute atomic E-state index is 0.00174. The molecule has 16 nitrogen and oxygen atoms in total. The molecule has 0 bridgehead atoms. The molecule has 1 aliphatic rings. The van der Waals surface area contributed by atoms with Crippen LogP contribution in [0.3, 0.4) is 0 Å². The number of aliphatic hydroxyl groups excluding tert-OH is 6. The maximum absolute atomic E-state index is 11.6. The summed E-state index contributed by atoms with van der Waals surface area (Å²) in [6.45, 7) is -1.73. The van der Waals surface area contributed by atoms with Gasteiger partial charge in [-0.25, -0.2) is 0 Å². The van der Waals surface area contributed by atoms with Crippen molar-refractivity contribution < 1.29 is 78.4 Å². The predicted octanol–water partition coefficient (Wildman–Crippen LogP) is 3.61. The fraction of sp³-hybridized carbons (Fsp3) is 0.381. The highest BCUT2D eigenvalue weighted by Crippen LogP contribution is 2.53. The molecular weight excluding hydrogens is 760 g/mol. The molecule has 16 heteroatoms. The van der Waals surface area contributed by atoms with Crippen molar-refractivity contribution in [2.75, 3.05) is 69.1 Å². The van der Waals surface area contributed by atoms with Crippen LogP contribution in [0.2, 0.25) is 0 Å². The second kappa shape index (κ2) is 19.7. The molecule has 1 aliphatic heterocycles. The average molecular weight is 811 g/mol. The first kappa shape index (κ1) is 43.5. The summed E-state index contributed by atoms with van der Waals surface area (Å²) in [7, 11) is 8.39. The Bertz CT molecular complexity index is 1980. The third kappa shape index (κ3) is 8.92. The van der Waals surface area contributed by atoms with Gasteiger partial charge in [0.2, 0.25) is 11.5 Å². The van der Waals surface area contributed by atoms with E-state index in [0.29, 0.717) is 22.6 Å². The molecular formula is C42H50O16. The number of phenols is 1. The van der Waals surface area contributed by atoms with Crippen LogP contribution in [0.15, 0.2) is 60.7 Å². The topological polar surface area (TPSA) is 225 Å². The largest absolute Gasteiger partial charge is 0.504 e. The fourth-order valence-electron chi connectivity index (χ4n) is 6.73. The number of hydrogen-bond acceptors (Lipinski definition) is 16. The lowest BCUT2D eigenvalue weighted by Gasteiger charge is -2.28. The Morgan fingerprint density at radius 3 is 1.60 bits per heavy atom. The monoisotopic (exact) mass is 810 g/mol. The first-order valence-electron chi connectivity index (χ1n) is 18.1. The fourth-order valence-corrected chi connectivity index (χ4v) is 6.73. The number of aliphatic hydroxyl groups is 6. The van der Waals surface area contributed by atoms with Crippen molar-refractivity contribution in [1.82, 2.24) is 0 Å². The molecule has 7 N–H and O–H groups in total. The van der Waals surface area contributed by atoms with Crippen LogP contribution in [0, 0.1) is 0 Å². The van der Waals surface area contributed by atoms with Crippen molar-refractivity contribution in [2.24, 2.45) is 0 Å². The number of ether oxygens (including phenoxy) is 9. The maximum Gasteiger partial charge on any atom is 0.204 e. The zero-order valence-electron chi connectivity index (χ0n) is 32.9. The molecule has 5 rings (SSSR count). The molecule has 1 heterocycles. The number of benzene rings is 4. The standard InChI is InChI=1S/C42H50O16/c1-50-29-14-23(9-10-28(29)47)37(48)35(20-45)56-41-31(52-3)15-24(16-32(41)53-4)38(49)36(21-46)57-42-33(54-5)17-25(18-34(42)55-6)39-27(19-44)26-12-22(8-7-11-43)13-30(51-2)40(26)58-39/h7-10,12-18,27,35-39,43-49H,11,19-21H2,1-6H3/b8-7+.